The zero-order valence-electron chi connectivity index (χ0n) is 21.2. The van der Waals surface area contributed by atoms with Gasteiger partial charge in [0.25, 0.3) is 0 Å². The van der Waals surface area contributed by atoms with Gasteiger partial charge in [0, 0.05) is 0 Å². The lowest BCUT2D eigenvalue weighted by molar-refractivity contribution is -0.249. The molecule has 0 saturated heterocycles. The Morgan fingerprint density at radius 2 is 1.42 bits per heavy atom. The highest BCUT2D eigenvalue weighted by Gasteiger charge is 2.72. The lowest BCUT2D eigenvalue weighted by Crippen LogP contribution is -2.67. The topological polar surface area (TPSA) is 94.8 Å². The number of aliphatic hydroxyl groups is 1. The van der Waals surface area contributed by atoms with E-state index in [2.05, 4.69) is 34.6 Å². The van der Waals surface area contributed by atoms with E-state index in [9.17, 15) is 24.9 Å². The van der Waals surface area contributed by atoms with Gasteiger partial charge in [0.1, 0.15) is 0 Å². The molecule has 33 heavy (non-hydrogen) atoms. The summed E-state index contributed by atoms with van der Waals surface area (Å²) < 4.78 is 0. The van der Waals surface area contributed by atoms with Gasteiger partial charge >= 0.3 is 11.9 Å². The lowest BCUT2D eigenvalue weighted by atomic mass is 9.32. The van der Waals surface area contributed by atoms with Crippen molar-refractivity contribution in [3.8, 4) is 0 Å². The highest BCUT2D eigenvalue weighted by Crippen LogP contribution is 2.77. The van der Waals surface area contributed by atoms with E-state index in [1.54, 1.807) is 0 Å². The minimum Gasteiger partial charge on any atom is -0.481 e. The average molecular weight is 461 g/mol. The molecule has 3 N–H and O–H groups in total. The molecule has 0 aliphatic heterocycles. The number of hydrogen-bond donors (Lipinski definition) is 3. The van der Waals surface area contributed by atoms with E-state index >= 15 is 0 Å². The Morgan fingerprint density at radius 3 is 2.06 bits per heavy atom. The van der Waals surface area contributed by atoms with Crippen LogP contribution in [0.15, 0.2) is 0 Å². The van der Waals surface area contributed by atoms with Crippen LogP contribution < -0.4 is 0 Å². The van der Waals surface area contributed by atoms with Crippen LogP contribution in [0.2, 0.25) is 0 Å². The molecule has 0 aromatic rings. The number of carboxylic acid groups (broad SMARTS) is 2. The van der Waals surface area contributed by atoms with Gasteiger partial charge in [-0.1, -0.05) is 34.6 Å². The molecule has 5 aliphatic rings. The number of hydrogen-bond acceptors (Lipinski definition) is 3. The van der Waals surface area contributed by atoms with Crippen molar-refractivity contribution < 1.29 is 24.9 Å². The summed E-state index contributed by atoms with van der Waals surface area (Å²) in [5.41, 5.74) is -0.722. The molecule has 5 nitrogen and oxygen atoms in total. The van der Waals surface area contributed by atoms with Gasteiger partial charge in [-0.3, -0.25) is 9.59 Å². The first-order valence-corrected chi connectivity index (χ1v) is 13.4. The van der Waals surface area contributed by atoms with Gasteiger partial charge < -0.3 is 15.3 Å². The molecule has 5 heteroatoms. The van der Waals surface area contributed by atoms with Crippen molar-refractivity contribution in [2.24, 2.45) is 56.7 Å². The third-order valence-electron chi connectivity index (χ3n) is 13.2. The number of aliphatic hydroxyl groups excluding tert-OH is 1. The van der Waals surface area contributed by atoms with Crippen LogP contribution in [-0.4, -0.2) is 33.4 Å². The maximum Gasteiger partial charge on any atom is 0.309 e. The first-order valence-electron chi connectivity index (χ1n) is 13.4. The number of fused-ring (bicyclic) bond motifs is 7. The smallest absolute Gasteiger partial charge is 0.309 e. The molecular formula is C28H44O5. The summed E-state index contributed by atoms with van der Waals surface area (Å²) in [5.74, 6) is -1.14. The largest absolute Gasteiger partial charge is 0.481 e. The predicted molar refractivity (Wildman–Crippen MR) is 125 cm³/mol. The average Bonchev–Trinajstić information content (AvgIpc) is 3.13. The third-order valence-corrected chi connectivity index (χ3v) is 13.2. The van der Waals surface area contributed by atoms with Crippen molar-refractivity contribution in [3.05, 3.63) is 0 Å². The molecule has 186 valence electrons. The molecule has 5 saturated carbocycles. The van der Waals surface area contributed by atoms with E-state index in [4.69, 9.17) is 0 Å². The number of carbonyl (C=O) groups is 2. The summed E-state index contributed by atoms with van der Waals surface area (Å²) in [6.07, 6.45) is 8.43. The minimum absolute atomic E-state index is 0.0360. The second-order valence-electron chi connectivity index (χ2n) is 14.0. The fraction of sp³-hybridized carbons (Fsp3) is 0.929. The summed E-state index contributed by atoms with van der Waals surface area (Å²) in [5, 5.41) is 31.3. The van der Waals surface area contributed by atoms with Gasteiger partial charge in [-0.25, -0.2) is 0 Å². The van der Waals surface area contributed by atoms with Crippen molar-refractivity contribution >= 4 is 11.9 Å². The molecule has 0 radical (unpaired) electrons. The van der Waals surface area contributed by atoms with Crippen LogP contribution >= 0.6 is 0 Å². The molecule has 0 bridgehead atoms. The Bertz CT molecular complexity index is 866. The van der Waals surface area contributed by atoms with Crippen molar-refractivity contribution in [2.75, 3.05) is 0 Å². The van der Waals surface area contributed by atoms with Gasteiger partial charge in [0.2, 0.25) is 0 Å². The molecule has 5 fully saturated rings. The van der Waals surface area contributed by atoms with E-state index in [-0.39, 0.29) is 39.6 Å². The molecule has 5 rings (SSSR count). The van der Waals surface area contributed by atoms with E-state index in [1.165, 1.54) is 0 Å². The van der Waals surface area contributed by atoms with Crippen LogP contribution in [0, 0.1) is 56.7 Å². The van der Waals surface area contributed by atoms with Gasteiger partial charge in [-0.05, 0) is 110 Å². The molecular weight excluding hydrogens is 416 g/mol. The SMILES string of the molecule is CC1(C)C2CC[C@]3(C)C(CCC4C5[C@H](C(=O)O)CC[C@]5(C(=O)O)CC[C@]43C)[C@@]2(C)CC[C@@H]1O. The number of aliphatic carboxylic acids is 2. The first-order chi connectivity index (χ1) is 15.3. The molecule has 10 atom stereocenters. The molecule has 0 amide bonds. The zero-order chi connectivity index (χ0) is 24.2. The second-order valence-corrected chi connectivity index (χ2v) is 14.0. The van der Waals surface area contributed by atoms with Crippen molar-refractivity contribution in [1.29, 1.82) is 0 Å². The summed E-state index contributed by atoms with van der Waals surface area (Å²) in [6, 6.07) is 0. The summed E-state index contributed by atoms with van der Waals surface area (Å²) in [7, 11) is 0. The lowest BCUT2D eigenvalue weighted by Gasteiger charge is -2.72. The van der Waals surface area contributed by atoms with E-state index < -0.39 is 23.3 Å². The highest BCUT2D eigenvalue weighted by atomic mass is 16.4. The Labute approximate surface area is 198 Å². The van der Waals surface area contributed by atoms with E-state index in [0.717, 1.165) is 44.9 Å². The Morgan fingerprint density at radius 1 is 0.727 bits per heavy atom. The van der Waals surface area contributed by atoms with Crippen molar-refractivity contribution in [3.63, 3.8) is 0 Å². The second kappa shape index (κ2) is 6.98. The Balaban J connectivity index is 1.57. The molecule has 0 spiro atoms. The molecule has 4 unspecified atom stereocenters. The van der Waals surface area contributed by atoms with Gasteiger partial charge in [0.05, 0.1) is 17.4 Å². The zero-order valence-corrected chi connectivity index (χ0v) is 21.2. The van der Waals surface area contributed by atoms with Crippen LogP contribution in [0.3, 0.4) is 0 Å². The quantitative estimate of drug-likeness (QED) is 0.499. The fourth-order valence-electron chi connectivity index (χ4n) is 11.2. The molecule has 0 aromatic carbocycles. The summed E-state index contributed by atoms with van der Waals surface area (Å²) >= 11 is 0. The summed E-state index contributed by atoms with van der Waals surface area (Å²) in [6.45, 7) is 11.9. The standard InChI is InChI=1S/C28H44O5/c1-24(2)18-9-12-27(5)19(25(18,3)11-10-20(24)29)7-6-17-21-16(22(30)31)8-13-28(21,23(32)33)15-14-26(17,27)4/h16-21,29H,6-15H2,1-5H3,(H,30,31)(H,32,33)/t16-,17?,18?,19?,20+,21?,25+,26-,27-,28+/m1/s1. The van der Waals surface area contributed by atoms with Crippen LogP contribution in [0.4, 0.5) is 0 Å². The van der Waals surface area contributed by atoms with Gasteiger partial charge in [-0.2, -0.15) is 0 Å². The van der Waals surface area contributed by atoms with Crippen LogP contribution in [0.25, 0.3) is 0 Å². The highest BCUT2D eigenvalue weighted by molar-refractivity contribution is 5.79. The third kappa shape index (κ3) is 2.69. The summed E-state index contributed by atoms with van der Waals surface area (Å²) in [4.78, 5) is 24.9. The Kier molecular flexibility index (Phi) is 5.00. The first kappa shape index (κ1) is 23.6. The predicted octanol–water partition coefficient (Wildman–Crippen LogP) is 5.60. The van der Waals surface area contributed by atoms with Crippen LogP contribution in [0.1, 0.15) is 98.8 Å². The molecule has 5 aliphatic carbocycles. The minimum atomic E-state index is -0.853. The van der Waals surface area contributed by atoms with Crippen molar-refractivity contribution in [2.45, 2.75) is 105 Å². The Hall–Kier alpha value is -1.10. The van der Waals surface area contributed by atoms with E-state index in [0.29, 0.717) is 31.1 Å². The van der Waals surface area contributed by atoms with Crippen LogP contribution in [0.5, 0.6) is 0 Å². The number of carboxylic acids is 2. The maximum atomic E-state index is 12.6. The molecule has 0 heterocycles. The van der Waals surface area contributed by atoms with Gasteiger partial charge in [0.15, 0.2) is 0 Å². The normalized spacial score (nSPS) is 55.0. The number of rotatable bonds is 2. The van der Waals surface area contributed by atoms with Gasteiger partial charge in [-0.15, -0.1) is 0 Å². The maximum absolute atomic E-state index is 12.6. The van der Waals surface area contributed by atoms with Crippen molar-refractivity contribution in [1.82, 2.24) is 0 Å². The van der Waals surface area contributed by atoms with E-state index in [1.807, 2.05) is 0 Å². The molecule has 0 aromatic heterocycles. The van der Waals surface area contributed by atoms with Crippen LogP contribution in [-0.2, 0) is 9.59 Å². The monoisotopic (exact) mass is 460 g/mol. The fourth-order valence-corrected chi connectivity index (χ4v) is 11.2.